The second-order valence-corrected chi connectivity index (χ2v) is 4.92. The number of amides is 3. The van der Waals surface area contributed by atoms with Gasteiger partial charge in [-0.15, -0.1) is 0 Å². The van der Waals surface area contributed by atoms with E-state index >= 15 is 0 Å². The zero-order chi connectivity index (χ0) is 15.3. The molecule has 0 saturated carbocycles. The van der Waals surface area contributed by atoms with Gasteiger partial charge < -0.3 is 20.2 Å². The SMILES string of the molecule is CCN(CC(=O)N(C)C)C(=O)NC1C=CC(C(=O)O)C1. The van der Waals surface area contributed by atoms with Crippen molar-refractivity contribution < 1.29 is 19.5 Å². The van der Waals surface area contributed by atoms with E-state index in [4.69, 9.17) is 5.11 Å². The van der Waals surface area contributed by atoms with Crippen molar-refractivity contribution in [1.29, 1.82) is 0 Å². The van der Waals surface area contributed by atoms with Gasteiger partial charge in [0.15, 0.2) is 0 Å². The fourth-order valence-corrected chi connectivity index (χ4v) is 1.87. The topological polar surface area (TPSA) is 90.0 Å². The summed E-state index contributed by atoms with van der Waals surface area (Å²) in [6, 6.07) is -0.657. The van der Waals surface area contributed by atoms with Crippen LogP contribution in [0.5, 0.6) is 0 Å². The molecular formula is C13H21N3O4. The number of urea groups is 1. The number of hydrogen-bond acceptors (Lipinski definition) is 3. The molecule has 0 fully saturated rings. The van der Waals surface area contributed by atoms with Gasteiger partial charge in [0, 0.05) is 20.6 Å². The molecular weight excluding hydrogens is 262 g/mol. The third-order valence-corrected chi connectivity index (χ3v) is 3.20. The number of carboxylic acids is 1. The van der Waals surface area contributed by atoms with Gasteiger partial charge in [0.1, 0.15) is 6.54 Å². The first-order chi connectivity index (χ1) is 9.35. The number of carbonyl (C=O) groups is 3. The average molecular weight is 283 g/mol. The summed E-state index contributed by atoms with van der Waals surface area (Å²) in [5.41, 5.74) is 0. The molecule has 2 unspecified atom stereocenters. The lowest BCUT2D eigenvalue weighted by Crippen LogP contribution is -2.47. The van der Waals surface area contributed by atoms with Crippen molar-refractivity contribution in [2.24, 2.45) is 5.92 Å². The average Bonchev–Trinajstić information content (AvgIpc) is 2.83. The fraction of sp³-hybridized carbons (Fsp3) is 0.615. The van der Waals surface area contributed by atoms with Crippen LogP contribution in [0.3, 0.4) is 0 Å². The summed E-state index contributed by atoms with van der Waals surface area (Å²) in [5.74, 6) is -1.61. The molecule has 0 aliphatic heterocycles. The largest absolute Gasteiger partial charge is 0.481 e. The van der Waals surface area contributed by atoms with Crippen LogP contribution in [0.2, 0.25) is 0 Å². The molecule has 0 heterocycles. The van der Waals surface area contributed by atoms with Gasteiger partial charge in [-0.1, -0.05) is 12.2 Å². The monoisotopic (exact) mass is 283 g/mol. The van der Waals surface area contributed by atoms with Gasteiger partial charge in [-0.3, -0.25) is 9.59 Å². The van der Waals surface area contributed by atoms with Crippen LogP contribution in [0.1, 0.15) is 13.3 Å². The molecule has 112 valence electrons. The van der Waals surface area contributed by atoms with E-state index in [0.717, 1.165) is 0 Å². The normalized spacial score (nSPS) is 20.6. The van der Waals surface area contributed by atoms with E-state index in [2.05, 4.69) is 5.32 Å². The lowest BCUT2D eigenvalue weighted by atomic mass is 10.1. The summed E-state index contributed by atoms with van der Waals surface area (Å²) in [7, 11) is 3.26. The number of aliphatic carboxylic acids is 1. The molecule has 1 rings (SSSR count). The summed E-state index contributed by atoms with van der Waals surface area (Å²) in [6.45, 7) is 2.20. The number of carboxylic acid groups (broad SMARTS) is 1. The van der Waals surface area contributed by atoms with Crippen molar-refractivity contribution in [2.75, 3.05) is 27.2 Å². The molecule has 3 amide bonds. The Kier molecular flexibility index (Phi) is 5.54. The second kappa shape index (κ2) is 6.93. The smallest absolute Gasteiger partial charge is 0.318 e. The predicted molar refractivity (Wildman–Crippen MR) is 73.1 cm³/mol. The molecule has 7 nitrogen and oxygen atoms in total. The molecule has 0 saturated heterocycles. The summed E-state index contributed by atoms with van der Waals surface area (Å²) in [4.78, 5) is 37.3. The van der Waals surface area contributed by atoms with E-state index < -0.39 is 11.9 Å². The van der Waals surface area contributed by atoms with Crippen LogP contribution in [-0.4, -0.2) is 66.0 Å². The first-order valence-corrected chi connectivity index (χ1v) is 6.51. The predicted octanol–water partition coefficient (Wildman–Crippen LogP) is 0.135. The highest BCUT2D eigenvalue weighted by Gasteiger charge is 2.27. The van der Waals surface area contributed by atoms with Crippen LogP contribution in [0.25, 0.3) is 0 Å². The van der Waals surface area contributed by atoms with E-state index in [1.54, 1.807) is 33.2 Å². The van der Waals surface area contributed by atoms with Gasteiger partial charge in [0.05, 0.1) is 12.0 Å². The molecule has 0 aromatic heterocycles. The number of likely N-dealkylation sites (N-methyl/N-ethyl adjacent to an activating group) is 2. The molecule has 2 N–H and O–H groups in total. The van der Waals surface area contributed by atoms with Crippen LogP contribution in [-0.2, 0) is 9.59 Å². The second-order valence-electron chi connectivity index (χ2n) is 4.92. The first kappa shape index (κ1) is 16.0. The molecule has 0 aromatic rings. The minimum atomic E-state index is -0.895. The van der Waals surface area contributed by atoms with E-state index in [9.17, 15) is 14.4 Å². The van der Waals surface area contributed by atoms with E-state index in [1.807, 2.05) is 0 Å². The van der Waals surface area contributed by atoms with Crippen LogP contribution >= 0.6 is 0 Å². The molecule has 7 heteroatoms. The van der Waals surface area contributed by atoms with Gasteiger partial charge >= 0.3 is 12.0 Å². The number of nitrogens with zero attached hydrogens (tertiary/aromatic N) is 2. The molecule has 0 spiro atoms. The third kappa shape index (κ3) is 4.25. The summed E-state index contributed by atoms with van der Waals surface area (Å²) < 4.78 is 0. The highest BCUT2D eigenvalue weighted by Crippen LogP contribution is 2.18. The Labute approximate surface area is 118 Å². The quantitative estimate of drug-likeness (QED) is 0.702. The van der Waals surface area contributed by atoms with E-state index in [1.165, 1.54) is 9.80 Å². The third-order valence-electron chi connectivity index (χ3n) is 3.20. The Bertz CT molecular complexity index is 420. The number of carbonyl (C=O) groups excluding carboxylic acids is 2. The number of hydrogen-bond donors (Lipinski definition) is 2. The number of rotatable bonds is 5. The highest BCUT2D eigenvalue weighted by atomic mass is 16.4. The molecule has 0 radical (unpaired) electrons. The first-order valence-electron chi connectivity index (χ1n) is 6.51. The van der Waals surface area contributed by atoms with Crippen molar-refractivity contribution in [3.05, 3.63) is 12.2 Å². The Balaban J connectivity index is 2.51. The van der Waals surface area contributed by atoms with Gasteiger partial charge in [-0.05, 0) is 13.3 Å². The van der Waals surface area contributed by atoms with Gasteiger partial charge in [-0.25, -0.2) is 4.79 Å². The lowest BCUT2D eigenvalue weighted by molar-refractivity contribution is -0.140. The van der Waals surface area contributed by atoms with Crippen molar-refractivity contribution in [1.82, 2.24) is 15.1 Å². The van der Waals surface area contributed by atoms with Crippen LogP contribution in [0, 0.1) is 5.92 Å². The maximum atomic E-state index is 12.0. The van der Waals surface area contributed by atoms with Crippen molar-refractivity contribution >= 4 is 17.9 Å². The standard InChI is InChI=1S/C13H21N3O4/c1-4-16(8-11(17)15(2)3)13(20)14-10-6-5-9(7-10)12(18)19/h5-6,9-10H,4,7-8H2,1-3H3,(H,14,20)(H,18,19). The van der Waals surface area contributed by atoms with Crippen molar-refractivity contribution in [2.45, 2.75) is 19.4 Å². The van der Waals surface area contributed by atoms with Crippen molar-refractivity contribution in [3.8, 4) is 0 Å². The zero-order valence-electron chi connectivity index (χ0n) is 12.0. The fourth-order valence-electron chi connectivity index (χ4n) is 1.87. The Morgan fingerprint density at radius 3 is 2.40 bits per heavy atom. The highest BCUT2D eigenvalue weighted by molar-refractivity contribution is 5.84. The maximum absolute atomic E-state index is 12.0. The van der Waals surface area contributed by atoms with E-state index in [-0.39, 0.29) is 24.5 Å². The summed E-state index contributed by atoms with van der Waals surface area (Å²) >= 11 is 0. The Morgan fingerprint density at radius 2 is 1.95 bits per heavy atom. The Hall–Kier alpha value is -2.05. The molecule has 2 atom stereocenters. The molecule has 1 aliphatic carbocycles. The van der Waals surface area contributed by atoms with Crippen molar-refractivity contribution in [3.63, 3.8) is 0 Å². The summed E-state index contributed by atoms with van der Waals surface area (Å²) in [5, 5.41) is 11.6. The minimum Gasteiger partial charge on any atom is -0.481 e. The van der Waals surface area contributed by atoms with Crippen LogP contribution in [0.15, 0.2) is 12.2 Å². The Morgan fingerprint density at radius 1 is 1.30 bits per heavy atom. The van der Waals surface area contributed by atoms with Gasteiger partial charge in [0.2, 0.25) is 5.91 Å². The van der Waals surface area contributed by atoms with E-state index in [0.29, 0.717) is 13.0 Å². The molecule has 0 bridgehead atoms. The zero-order valence-corrected chi connectivity index (χ0v) is 12.0. The van der Waals surface area contributed by atoms with Crippen LogP contribution in [0.4, 0.5) is 4.79 Å². The molecule has 1 aliphatic rings. The molecule has 0 aromatic carbocycles. The lowest BCUT2D eigenvalue weighted by Gasteiger charge is -2.24. The minimum absolute atomic E-state index is 0.00806. The molecule has 20 heavy (non-hydrogen) atoms. The summed E-state index contributed by atoms with van der Waals surface area (Å²) in [6.07, 6.45) is 3.60. The van der Waals surface area contributed by atoms with Gasteiger partial charge in [0.25, 0.3) is 0 Å². The number of nitrogens with one attached hydrogen (secondary N) is 1. The maximum Gasteiger partial charge on any atom is 0.318 e. The van der Waals surface area contributed by atoms with Crippen LogP contribution < -0.4 is 5.32 Å². The van der Waals surface area contributed by atoms with Gasteiger partial charge in [-0.2, -0.15) is 0 Å².